The summed E-state index contributed by atoms with van der Waals surface area (Å²) in [5, 5.41) is 44.1. The second-order valence-corrected chi connectivity index (χ2v) is 13.1. The molecule has 0 spiro atoms. The van der Waals surface area contributed by atoms with E-state index in [1.165, 1.54) is 43.3 Å². The van der Waals surface area contributed by atoms with Crippen LogP contribution in [0.15, 0.2) is 114 Å². The highest BCUT2D eigenvalue weighted by atomic mass is 32.2. The van der Waals surface area contributed by atoms with Gasteiger partial charge in [-0.3, -0.25) is 39.2 Å². The van der Waals surface area contributed by atoms with Gasteiger partial charge in [0.05, 0.1) is 43.2 Å². The number of aryl methyl sites for hydroxylation is 1. The third-order valence-electron chi connectivity index (χ3n) is 6.88. The average Bonchev–Trinajstić information content (AvgIpc) is 3.35. The number of nitrogens with zero attached hydrogens (tertiary/aromatic N) is 7. The number of benzene rings is 4. The number of anilines is 3. The van der Waals surface area contributed by atoms with Crippen LogP contribution in [0.2, 0.25) is 0 Å². The highest BCUT2D eigenvalue weighted by Gasteiger charge is 2.21. The fourth-order valence-corrected chi connectivity index (χ4v) is 5.57. The molecular formula is C28H22N10O11S2. The summed E-state index contributed by atoms with van der Waals surface area (Å²) < 4.78 is 65.9. The number of hydrogen-bond acceptors (Lipinski definition) is 15. The first kappa shape index (κ1) is 35.6. The Balaban J connectivity index is 1.36. The fourth-order valence-electron chi connectivity index (χ4n) is 4.42. The summed E-state index contributed by atoms with van der Waals surface area (Å²) in [5.74, 6) is 0. The van der Waals surface area contributed by atoms with Crippen LogP contribution < -0.4 is 16.6 Å². The SMILES string of the molecule is Cc1[nH]n(-c2ccc(S(=O)(=O)O)cc2)c(=O)c1N=Nc1cc(N)c(N=Nc2ccc(Nc3ccc([N+](=O)[O-])cc3S(=O)(=O)O)cc2)cc1[N+](=O)[O-]. The van der Waals surface area contributed by atoms with Crippen molar-refractivity contribution >= 4 is 71.4 Å². The summed E-state index contributed by atoms with van der Waals surface area (Å²) in [5.41, 5.74) is 4.30. The van der Waals surface area contributed by atoms with Crippen LogP contribution in [0.25, 0.3) is 5.69 Å². The lowest BCUT2D eigenvalue weighted by molar-refractivity contribution is -0.385. The van der Waals surface area contributed by atoms with Gasteiger partial charge in [0, 0.05) is 23.9 Å². The number of H-pyrrole nitrogens is 1. The maximum Gasteiger partial charge on any atom is 0.299 e. The fraction of sp³-hybridized carbons (Fsp3) is 0.0357. The molecule has 1 aromatic heterocycles. The predicted octanol–water partition coefficient (Wildman–Crippen LogP) is 5.94. The molecular weight excluding hydrogens is 717 g/mol. The van der Waals surface area contributed by atoms with E-state index in [4.69, 9.17) is 5.73 Å². The lowest BCUT2D eigenvalue weighted by Crippen LogP contribution is -2.14. The van der Waals surface area contributed by atoms with Crippen LogP contribution in [0.1, 0.15) is 5.69 Å². The number of aromatic nitrogens is 2. The van der Waals surface area contributed by atoms with Crippen LogP contribution in [-0.2, 0) is 20.2 Å². The molecule has 0 atom stereocenters. The lowest BCUT2D eigenvalue weighted by Gasteiger charge is -2.10. The first-order valence-corrected chi connectivity index (χ1v) is 16.7. The van der Waals surface area contributed by atoms with Crippen LogP contribution in [0.4, 0.5) is 51.2 Å². The van der Waals surface area contributed by atoms with E-state index >= 15 is 0 Å². The van der Waals surface area contributed by atoms with Gasteiger partial charge in [0.2, 0.25) is 0 Å². The van der Waals surface area contributed by atoms with Crippen LogP contribution in [0.5, 0.6) is 0 Å². The Morgan fingerprint density at radius 2 is 1.45 bits per heavy atom. The van der Waals surface area contributed by atoms with Gasteiger partial charge in [0.25, 0.3) is 37.2 Å². The molecule has 0 aliphatic rings. The number of nitrogens with two attached hydrogens (primary N) is 1. The lowest BCUT2D eigenvalue weighted by atomic mass is 10.2. The number of nitrogens with one attached hydrogen (secondary N) is 2. The Hall–Kier alpha value is -6.69. The molecule has 0 radical (unpaired) electrons. The molecule has 0 amide bonds. The van der Waals surface area contributed by atoms with Crippen molar-refractivity contribution in [2.45, 2.75) is 16.7 Å². The molecule has 0 unspecified atom stereocenters. The Morgan fingerprint density at radius 3 is 2.04 bits per heavy atom. The van der Waals surface area contributed by atoms with Gasteiger partial charge >= 0.3 is 0 Å². The van der Waals surface area contributed by atoms with E-state index in [0.29, 0.717) is 11.8 Å². The van der Waals surface area contributed by atoms with Gasteiger partial charge in [0.1, 0.15) is 10.6 Å². The average molecular weight is 739 g/mol. The molecule has 0 bridgehead atoms. The van der Waals surface area contributed by atoms with Gasteiger partial charge in [-0.05, 0) is 67.6 Å². The van der Waals surface area contributed by atoms with Crippen LogP contribution in [0, 0.1) is 27.2 Å². The normalized spacial score (nSPS) is 12.1. The summed E-state index contributed by atoms with van der Waals surface area (Å²) >= 11 is 0. The molecule has 23 heteroatoms. The van der Waals surface area contributed by atoms with Crippen molar-refractivity contribution in [1.29, 1.82) is 0 Å². The van der Waals surface area contributed by atoms with E-state index in [2.05, 4.69) is 30.9 Å². The van der Waals surface area contributed by atoms with Crippen molar-refractivity contribution in [3.05, 3.63) is 115 Å². The van der Waals surface area contributed by atoms with Crippen molar-refractivity contribution in [2.24, 2.45) is 20.5 Å². The van der Waals surface area contributed by atoms with Crippen molar-refractivity contribution in [3.8, 4) is 5.69 Å². The largest absolute Gasteiger partial charge is 0.397 e. The number of nitrogen functional groups attached to an aromatic ring is 1. The molecule has 1 heterocycles. The zero-order chi connectivity index (χ0) is 37.2. The monoisotopic (exact) mass is 738 g/mol. The molecule has 21 nitrogen and oxygen atoms in total. The zero-order valence-electron chi connectivity index (χ0n) is 25.6. The minimum atomic E-state index is -4.82. The Morgan fingerprint density at radius 1 is 0.804 bits per heavy atom. The first-order chi connectivity index (χ1) is 23.9. The minimum Gasteiger partial charge on any atom is -0.397 e. The number of rotatable bonds is 11. The van der Waals surface area contributed by atoms with Gasteiger partial charge in [-0.25, -0.2) is 4.68 Å². The summed E-state index contributed by atoms with van der Waals surface area (Å²) in [6.07, 6.45) is 0. The van der Waals surface area contributed by atoms with Crippen LogP contribution >= 0.6 is 0 Å². The van der Waals surface area contributed by atoms with E-state index in [9.17, 15) is 51.0 Å². The third kappa shape index (κ3) is 7.97. The van der Waals surface area contributed by atoms with Gasteiger partial charge < -0.3 is 11.1 Å². The third-order valence-corrected chi connectivity index (χ3v) is 8.65. The Kier molecular flexibility index (Phi) is 9.55. The standard InChI is InChI=1S/C28H22N10O11S2/c1-15-27(28(39)36(35-15)18-6-9-20(10-7-18)50(44,45)46)34-33-24-13-21(29)23(14-25(24)38(42)43)32-31-17-4-2-16(3-5-17)30-22-11-8-19(37(40)41)12-26(22)51(47,48)49/h2-14,30,35H,29H2,1H3,(H,44,45,46)(H,47,48,49). The molecule has 0 saturated carbocycles. The van der Waals surface area contributed by atoms with Crippen molar-refractivity contribution in [1.82, 2.24) is 9.78 Å². The van der Waals surface area contributed by atoms with Crippen molar-refractivity contribution < 1.29 is 35.8 Å². The molecule has 0 saturated heterocycles. The number of nitro groups is 2. The van der Waals surface area contributed by atoms with E-state index in [0.717, 1.165) is 41.1 Å². The van der Waals surface area contributed by atoms with Gasteiger partial charge in [-0.1, -0.05) is 0 Å². The summed E-state index contributed by atoms with van der Waals surface area (Å²) in [6, 6.07) is 15.4. The quantitative estimate of drug-likeness (QED) is 0.0345. The molecule has 4 aromatic carbocycles. The Labute approximate surface area is 285 Å². The van der Waals surface area contributed by atoms with E-state index < -0.39 is 51.9 Å². The smallest absolute Gasteiger partial charge is 0.299 e. The van der Waals surface area contributed by atoms with E-state index in [1.807, 2.05) is 0 Å². The number of azo groups is 2. The van der Waals surface area contributed by atoms with Crippen LogP contribution in [-0.4, -0.2) is 45.6 Å². The summed E-state index contributed by atoms with van der Waals surface area (Å²) in [4.78, 5) is 33.2. The van der Waals surface area contributed by atoms with Gasteiger partial charge in [-0.15, -0.1) is 15.3 Å². The highest BCUT2D eigenvalue weighted by Crippen LogP contribution is 2.38. The number of nitro benzene ring substituents is 2. The Bertz CT molecular complexity index is 2550. The van der Waals surface area contributed by atoms with Crippen molar-refractivity contribution in [3.63, 3.8) is 0 Å². The molecule has 0 aliphatic carbocycles. The molecule has 5 aromatic rings. The molecule has 6 N–H and O–H groups in total. The first-order valence-electron chi connectivity index (χ1n) is 13.9. The zero-order valence-corrected chi connectivity index (χ0v) is 27.2. The van der Waals surface area contributed by atoms with Gasteiger partial charge in [-0.2, -0.15) is 21.9 Å². The van der Waals surface area contributed by atoms with Gasteiger partial charge in [0.15, 0.2) is 11.4 Å². The number of hydrogen-bond donors (Lipinski definition) is 5. The summed E-state index contributed by atoms with van der Waals surface area (Å²) in [7, 11) is -9.28. The van der Waals surface area contributed by atoms with Crippen molar-refractivity contribution in [2.75, 3.05) is 11.1 Å². The topological polar surface area (TPSA) is 320 Å². The van der Waals surface area contributed by atoms with Crippen LogP contribution in [0.3, 0.4) is 0 Å². The molecule has 51 heavy (non-hydrogen) atoms. The maximum absolute atomic E-state index is 13.0. The maximum atomic E-state index is 13.0. The molecule has 0 fully saturated rings. The minimum absolute atomic E-state index is 0.0883. The molecule has 262 valence electrons. The number of aromatic amines is 1. The van der Waals surface area contributed by atoms with E-state index in [1.54, 1.807) is 0 Å². The summed E-state index contributed by atoms with van der Waals surface area (Å²) in [6.45, 7) is 1.49. The highest BCUT2D eigenvalue weighted by molar-refractivity contribution is 7.86. The van der Waals surface area contributed by atoms with E-state index in [-0.39, 0.29) is 50.4 Å². The number of non-ortho nitro benzene ring substituents is 1. The second kappa shape index (κ2) is 13.7. The predicted molar refractivity (Wildman–Crippen MR) is 179 cm³/mol. The molecule has 5 rings (SSSR count). The molecule has 0 aliphatic heterocycles. The second-order valence-electron chi connectivity index (χ2n) is 10.3.